The van der Waals surface area contributed by atoms with Crippen LogP contribution in [-0.2, 0) is 4.74 Å². The molecule has 0 saturated carbocycles. The molecule has 0 saturated heterocycles. The molecule has 0 spiro atoms. The van der Waals surface area contributed by atoms with Crippen LogP contribution in [0.1, 0.15) is 6.42 Å². The Morgan fingerprint density at radius 3 is 1.24 bits per heavy atom. The van der Waals surface area contributed by atoms with Gasteiger partial charge in [0.15, 0.2) is 0 Å². The van der Waals surface area contributed by atoms with Crippen LogP contribution in [0.15, 0.2) is 0 Å². The number of hydrogen-bond acceptors (Lipinski definition) is 3. The zero-order valence-corrected chi connectivity index (χ0v) is 15.0. The van der Waals surface area contributed by atoms with Gasteiger partial charge in [-0.25, -0.2) is 0 Å². The van der Waals surface area contributed by atoms with Crippen molar-refractivity contribution < 1.29 is 89.6 Å². The first-order chi connectivity index (χ1) is 14.2. The van der Waals surface area contributed by atoms with Gasteiger partial charge in [0.2, 0.25) is 0 Å². The number of alkyl halides is 17. The summed E-state index contributed by atoms with van der Waals surface area (Å²) in [6, 6.07) is 0. The Labute approximate surface area is 171 Å². The molecule has 0 aliphatic rings. The average molecular weight is 537 g/mol. The van der Waals surface area contributed by atoms with Crippen LogP contribution in [0.2, 0.25) is 0 Å². The van der Waals surface area contributed by atoms with E-state index in [1.165, 1.54) is 0 Å². The largest absolute Gasteiger partial charge is 0.460 e. The smallest absolute Gasteiger partial charge is 0.394 e. The van der Waals surface area contributed by atoms with E-state index in [4.69, 9.17) is 10.2 Å². The van der Waals surface area contributed by atoms with Crippen molar-refractivity contribution in [3.8, 4) is 0 Å². The SMILES string of the molecule is OCC(O)[CH]OCCC(F)(F)C(F)(F)C(F)(F)C(F)(F)C(F)(F)C(F)(F)C(F)(F)C(F)(F)F. The molecule has 0 heterocycles. The summed E-state index contributed by atoms with van der Waals surface area (Å²) < 4.78 is 225. The van der Waals surface area contributed by atoms with Gasteiger partial charge in [0.1, 0.15) is 12.7 Å². The van der Waals surface area contributed by atoms with Crippen molar-refractivity contribution in [2.45, 2.75) is 60.2 Å². The molecule has 0 aromatic carbocycles. The summed E-state index contributed by atoms with van der Waals surface area (Å²) in [5.74, 6) is -56.7. The summed E-state index contributed by atoms with van der Waals surface area (Å²) in [7, 11) is 0. The molecule has 1 unspecified atom stereocenters. The lowest BCUT2D eigenvalue weighted by Gasteiger charge is -2.42. The highest BCUT2D eigenvalue weighted by Gasteiger charge is 2.95. The van der Waals surface area contributed by atoms with E-state index in [2.05, 4.69) is 4.74 Å². The summed E-state index contributed by atoms with van der Waals surface area (Å²) in [6.45, 7) is -3.03. The lowest BCUT2D eigenvalue weighted by Crippen LogP contribution is -2.74. The van der Waals surface area contributed by atoms with Gasteiger partial charge in [-0.1, -0.05) is 0 Å². The van der Waals surface area contributed by atoms with Gasteiger partial charge in [-0.15, -0.1) is 0 Å². The van der Waals surface area contributed by atoms with Crippen LogP contribution in [-0.4, -0.2) is 77.2 Å². The lowest BCUT2D eigenvalue weighted by molar-refractivity contribution is -0.462. The highest BCUT2D eigenvalue weighted by Crippen LogP contribution is 2.64. The summed E-state index contributed by atoms with van der Waals surface area (Å²) in [6.07, 6.45) is -12.6. The molecule has 0 aliphatic heterocycles. The fourth-order valence-corrected chi connectivity index (χ4v) is 1.76. The van der Waals surface area contributed by atoms with Crippen molar-refractivity contribution in [2.75, 3.05) is 13.2 Å². The summed E-state index contributed by atoms with van der Waals surface area (Å²) >= 11 is 0. The number of hydrogen-bond donors (Lipinski definition) is 2. The quantitative estimate of drug-likeness (QED) is 0.275. The molecule has 0 bridgehead atoms. The minimum atomic E-state index is -8.67. The Bertz CT molecular complexity index is 657. The van der Waals surface area contributed by atoms with Crippen LogP contribution in [0.4, 0.5) is 74.6 Å². The Morgan fingerprint density at radius 2 is 0.909 bits per heavy atom. The minimum absolute atomic E-state index is 0.0227. The van der Waals surface area contributed by atoms with E-state index in [0.717, 1.165) is 0 Å². The molecule has 1 atom stereocenters. The topological polar surface area (TPSA) is 49.7 Å². The fraction of sp³-hybridized carbons (Fsp3) is 0.923. The fourth-order valence-electron chi connectivity index (χ4n) is 1.76. The van der Waals surface area contributed by atoms with E-state index in [-0.39, 0.29) is 6.61 Å². The van der Waals surface area contributed by atoms with Gasteiger partial charge in [-0.2, -0.15) is 74.6 Å². The van der Waals surface area contributed by atoms with Gasteiger partial charge < -0.3 is 14.9 Å². The summed E-state index contributed by atoms with van der Waals surface area (Å²) in [5.41, 5.74) is 0. The number of aliphatic hydroxyl groups excluding tert-OH is 2. The van der Waals surface area contributed by atoms with Gasteiger partial charge in [0.05, 0.1) is 13.2 Å². The second kappa shape index (κ2) is 9.04. The molecule has 0 aromatic rings. The third-order valence-corrected chi connectivity index (χ3v) is 3.76. The lowest BCUT2D eigenvalue weighted by atomic mass is 9.88. The molecule has 2 N–H and O–H groups in total. The first-order valence-electron chi connectivity index (χ1n) is 7.66. The Kier molecular flexibility index (Phi) is 8.69. The molecule has 0 rings (SSSR count). The Hall–Kier alpha value is -1.31. The van der Waals surface area contributed by atoms with Crippen molar-refractivity contribution in [2.24, 2.45) is 0 Å². The zero-order chi connectivity index (χ0) is 27.1. The maximum Gasteiger partial charge on any atom is 0.460 e. The molecule has 0 aliphatic carbocycles. The van der Waals surface area contributed by atoms with E-state index in [0.29, 0.717) is 0 Å². The average Bonchev–Trinajstić information content (AvgIpc) is 2.62. The van der Waals surface area contributed by atoms with E-state index in [1.54, 1.807) is 0 Å². The minimum Gasteiger partial charge on any atom is -0.394 e. The predicted molar refractivity (Wildman–Crippen MR) is 68.6 cm³/mol. The molecule has 199 valence electrons. The van der Waals surface area contributed by atoms with E-state index < -0.39 is 73.4 Å². The van der Waals surface area contributed by atoms with Crippen molar-refractivity contribution in [1.29, 1.82) is 0 Å². The second-order valence-electron chi connectivity index (χ2n) is 6.16. The first-order valence-corrected chi connectivity index (χ1v) is 7.66. The normalized spacial score (nSPS) is 16.8. The second-order valence-corrected chi connectivity index (χ2v) is 6.16. The van der Waals surface area contributed by atoms with Gasteiger partial charge >= 0.3 is 47.6 Å². The van der Waals surface area contributed by atoms with Crippen LogP contribution < -0.4 is 0 Å². The van der Waals surface area contributed by atoms with Crippen molar-refractivity contribution >= 4 is 0 Å². The molecular weight excluding hydrogens is 527 g/mol. The van der Waals surface area contributed by atoms with Crippen LogP contribution in [0, 0.1) is 6.61 Å². The first kappa shape index (κ1) is 31.7. The zero-order valence-electron chi connectivity index (χ0n) is 15.0. The summed E-state index contributed by atoms with van der Waals surface area (Å²) in [5, 5.41) is 17.0. The van der Waals surface area contributed by atoms with E-state index in [9.17, 15) is 74.6 Å². The third-order valence-electron chi connectivity index (χ3n) is 3.76. The highest BCUT2D eigenvalue weighted by molar-refractivity contribution is 5.15. The molecule has 0 aromatic heterocycles. The maximum atomic E-state index is 13.5. The van der Waals surface area contributed by atoms with E-state index in [1.807, 2.05) is 0 Å². The van der Waals surface area contributed by atoms with Crippen LogP contribution >= 0.6 is 0 Å². The Morgan fingerprint density at radius 1 is 0.576 bits per heavy atom. The monoisotopic (exact) mass is 537 g/mol. The molecular formula is C13H10F17O3. The van der Waals surface area contributed by atoms with Crippen LogP contribution in [0.5, 0.6) is 0 Å². The van der Waals surface area contributed by atoms with Crippen molar-refractivity contribution in [3.63, 3.8) is 0 Å². The molecule has 3 nitrogen and oxygen atoms in total. The van der Waals surface area contributed by atoms with Crippen LogP contribution in [0.3, 0.4) is 0 Å². The molecule has 0 amide bonds. The molecule has 1 radical (unpaired) electrons. The standard InChI is InChI=1S/C13H10F17O3/c14-6(15,1-2-33-4-5(32)3-31)7(16,17)8(18,19)9(20,21)10(22,23)11(24,25)12(26,27)13(28,29)30/h4-5,31-32H,1-3H2. The third kappa shape index (κ3) is 4.92. The number of aliphatic hydroxyl groups is 2. The summed E-state index contributed by atoms with van der Waals surface area (Å²) in [4.78, 5) is 0. The van der Waals surface area contributed by atoms with Gasteiger partial charge in [0.25, 0.3) is 0 Å². The van der Waals surface area contributed by atoms with Crippen molar-refractivity contribution in [1.82, 2.24) is 0 Å². The van der Waals surface area contributed by atoms with Gasteiger partial charge in [-0.05, 0) is 0 Å². The van der Waals surface area contributed by atoms with Crippen LogP contribution in [0.25, 0.3) is 0 Å². The van der Waals surface area contributed by atoms with Gasteiger partial charge in [0, 0.05) is 6.42 Å². The molecule has 0 fully saturated rings. The number of halogens is 17. The Balaban J connectivity index is 6.21. The number of rotatable bonds is 12. The highest BCUT2D eigenvalue weighted by atomic mass is 19.4. The molecule has 20 heteroatoms. The molecule has 33 heavy (non-hydrogen) atoms. The number of ether oxygens (including phenoxy) is 1. The van der Waals surface area contributed by atoms with Crippen molar-refractivity contribution in [3.05, 3.63) is 6.61 Å². The van der Waals surface area contributed by atoms with E-state index >= 15 is 0 Å². The maximum absolute atomic E-state index is 13.5. The van der Waals surface area contributed by atoms with Gasteiger partial charge in [-0.3, -0.25) is 0 Å². The predicted octanol–water partition coefficient (Wildman–Crippen LogP) is 4.92.